The van der Waals surface area contributed by atoms with E-state index in [0.29, 0.717) is 69.6 Å². The number of carbonyl (C=O) groups is 2. The lowest BCUT2D eigenvalue weighted by Gasteiger charge is -2.32. The zero-order valence-corrected chi connectivity index (χ0v) is 33.6. The zero-order chi connectivity index (χ0) is 41.4. The van der Waals surface area contributed by atoms with Crippen LogP contribution in [0.3, 0.4) is 0 Å². The van der Waals surface area contributed by atoms with Crippen LogP contribution < -0.4 is 34.1 Å². The number of rotatable bonds is 9. The van der Waals surface area contributed by atoms with Gasteiger partial charge in [-0.15, -0.1) is 0 Å². The molecule has 5 aromatic rings. The van der Waals surface area contributed by atoms with Gasteiger partial charge in [0.15, 0.2) is 54.4 Å². The number of methoxy groups -OCH3 is 2. The fourth-order valence-electron chi connectivity index (χ4n) is 8.61. The maximum atomic E-state index is 14.0. The molecule has 0 radical (unpaired) electrons. The Morgan fingerprint density at radius 3 is 1.92 bits per heavy atom. The highest BCUT2D eigenvalue weighted by atomic mass is 16.6. The molecule has 0 bridgehead atoms. The van der Waals surface area contributed by atoms with Gasteiger partial charge < -0.3 is 29.2 Å². The van der Waals surface area contributed by atoms with Gasteiger partial charge in [0.2, 0.25) is 0 Å². The molecule has 292 valence electrons. The van der Waals surface area contributed by atoms with Crippen molar-refractivity contribution in [3.63, 3.8) is 0 Å². The van der Waals surface area contributed by atoms with Crippen molar-refractivity contribution in [1.82, 2.24) is 0 Å². The number of para-hydroxylation sites is 2. The lowest BCUT2D eigenvalue weighted by atomic mass is 9.57. The third kappa shape index (κ3) is 6.45. The van der Waals surface area contributed by atoms with Crippen LogP contribution in [-0.2, 0) is 23.6 Å². The maximum absolute atomic E-state index is 14.0. The second-order valence-corrected chi connectivity index (χ2v) is 16.2. The van der Waals surface area contributed by atoms with E-state index in [9.17, 15) is 19.7 Å². The minimum atomic E-state index is -1.16. The number of non-ortho nitro benzene ring substituents is 1. The summed E-state index contributed by atoms with van der Waals surface area (Å²) in [6, 6.07) is 27.0. The SMILES string of the molecule is BC(B)(Oc1cc2c(cc1OC)C(=O)N1c3ccccc3C[C@H]1C=N2)c1cc([N+](=O)[O-])cc(C(B)(B)Oc2cc3c(cc2OC)C(=O)N2c4ccccc4C[C@H]2CN3)c1. The van der Waals surface area contributed by atoms with Gasteiger partial charge in [-0.05, 0) is 52.9 Å². The van der Waals surface area contributed by atoms with E-state index in [4.69, 9.17) is 23.9 Å². The number of nitrogens with zero attached hydrogens (tertiary/aromatic N) is 4. The Kier molecular flexibility index (Phi) is 9.02. The third-order valence-corrected chi connectivity index (χ3v) is 11.7. The first-order valence-corrected chi connectivity index (χ1v) is 19.5. The molecule has 59 heavy (non-hydrogen) atoms. The third-order valence-electron chi connectivity index (χ3n) is 11.7. The normalized spacial score (nSPS) is 17.6. The van der Waals surface area contributed by atoms with Gasteiger partial charge in [-0.2, -0.15) is 0 Å². The summed E-state index contributed by atoms with van der Waals surface area (Å²) >= 11 is 0. The maximum Gasteiger partial charge on any atom is 0.270 e. The van der Waals surface area contributed by atoms with Crippen LogP contribution in [0.2, 0.25) is 0 Å². The average Bonchev–Trinajstić information content (AvgIpc) is 3.71. The first kappa shape index (κ1) is 37.9. The van der Waals surface area contributed by atoms with E-state index in [0.717, 1.165) is 28.9 Å². The molecular weight excluding hydrogens is 746 g/mol. The number of aliphatic imine (C=N–C) groups is 1. The molecule has 1 N–H and O–H groups in total. The minimum absolute atomic E-state index is 0.0511. The number of amides is 2. The van der Waals surface area contributed by atoms with Crippen molar-refractivity contribution in [1.29, 1.82) is 0 Å². The van der Waals surface area contributed by atoms with Gasteiger partial charge in [0.05, 0.1) is 64.5 Å². The van der Waals surface area contributed by atoms with E-state index in [2.05, 4.69) is 11.4 Å². The Morgan fingerprint density at radius 2 is 1.29 bits per heavy atom. The molecule has 0 aliphatic carbocycles. The van der Waals surface area contributed by atoms with E-state index < -0.39 is 15.7 Å². The first-order valence-electron chi connectivity index (χ1n) is 19.5. The van der Waals surface area contributed by atoms with Gasteiger partial charge in [-0.25, -0.2) is 0 Å². The molecule has 9 rings (SSSR count). The highest BCUT2D eigenvalue weighted by Crippen LogP contribution is 2.45. The Balaban J connectivity index is 1.02. The lowest BCUT2D eigenvalue weighted by molar-refractivity contribution is -0.385. The monoisotopic (exact) mass is 785 g/mol. The average molecular weight is 785 g/mol. The van der Waals surface area contributed by atoms with Crippen LogP contribution in [0.1, 0.15) is 43.0 Å². The molecule has 5 aromatic carbocycles. The molecule has 17 heteroatoms. The fourth-order valence-corrected chi connectivity index (χ4v) is 8.61. The largest absolute Gasteiger partial charge is 0.497 e. The number of nitro benzene ring substituents is 1. The van der Waals surface area contributed by atoms with E-state index in [1.54, 1.807) is 51.1 Å². The summed E-state index contributed by atoms with van der Waals surface area (Å²) in [6.07, 6.45) is 3.19. The Hall–Kier alpha value is -6.63. The zero-order valence-electron chi connectivity index (χ0n) is 33.6. The molecule has 4 aliphatic rings. The number of hydrogen-bond donors (Lipinski definition) is 1. The summed E-state index contributed by atoms with van der Waals surface area (Å²) in [5, 5.41) is 13.6. The number of nitrogens with one attached hydrogen (secondary N) is 1. The summed E-state index contributed by atoms with van der Waals surface area (Å²) in [6.45, 7) is 0.539. The molecule has 0 fully saturated rings. The molecular formula is C42H39B4N5O8. The molecule has 0 unspecified atom stereocenters. The number of carbonyl (C=O) groups excluding carboxylic acids is 2. The molecule has 0 saturated carbocycles. The van der Waals surface area contributed by atoms with Gasteiger partial charge in [0, 0.05) is 54.8 Å². The van der Waals surface area contributed by atoms with Crippen molar-refractivity contribution in [2.45, 2.75) is 35.7 Å². The number of fused-ring (bicyclic) bond motifs is 8. The molecule has 0 spiro atoms. The molecule has 13 nitrogen and oxygen atoms in total. The summed E-state index contributed by atoms with van der Waals surface area (Å²) < 4.78 is 24.9. The summed E-state index contributed by atoms with van der Waals surface area (Å²) in [7, 11) is 10.2. The Labute approximate surface area is 344 Å². The summed E-state index contributed by atoms with van der Waals surface area (Å²) in [5.41, 5.74) is 6.67. The summed E-state index contributed by atoms with van der Waals surface area (Å²) in [5.74, 6) is 0.997. The van der Waals surface area contributed by atoms with E-state index in [-0.39, 0.29) is 29.6 Å². The molecule has 0 saturated heterocycles. The fraction of sp³-hybridized carbons (Fsp3) is 0.214. The first-order chi connectivity index (χ1) is 28.3. The molecule has 2 atom stereocenters. The van der Waals surface area contributed by atoms with Crippen LogP contribution >= 0.6 is 0 Å². The van der Waals surface area contributed by atoms with Crippen LogP contribution in [0, 0.1) is 10.1 Å². The van der Waals surface area contributed by atoms with Crippen LogP contribution in [-0.4, -0.2) is 87.2 Å². The Morgan fingerprint density at radius 1 is 0.729 bits per heavy atom. The van der Waals surface area contributed by atoms with Crippen molar-refractivity contribution in [2.75, 3.05) is 35.9 Å². The number of hydrogen-bond acceptors (Lipinski definition) is 10. The van der Waals surface area contributed by atoms with E-state index >= 15 is 0 Å². The minimum Gasteiger partial charge on any atom is -0.497 e. The van der Waals surface area contributed by atoms with Crippen molar-refractivity contribution in [2.24, 2.45) is 4.99 Å². The predicted molar refractivity (Wildman–Crippen MR) is 236 cm³/mol. The molecule has 0 aromatic heterocycles. The van der Waals surface area contributed by atoms with Crippen LogP contribution in [0.4, 0.5) is 28.4 Å². The van der Waals surface area contributed by atoms with Crippen molar-refractivity contribution >= 4 is 77.9 Å². The van der Waals surface area contributed by atoms with E-state index in [1.165, 1.54) is 26.4 Å². The second-order valence-electron chi connectivity index (χ2n) is 16.2. The van der Waals surface area contributed by atoms with Crippen LogP contribution in [0.15, 0.2) is 96.0 Å². The van der Waals surface area contributed by atoms with Gasteiger partial charge in [-0.1, -0.05) is 42.5 Å². The predicted octanol–water partition coefficient (Wildman–Crippen LogP) is 2.81. The Bertz CT molecular complexity index is 2640. The van der Waals surface area contributed by atoms with Crippen molar-refractivity contribution in [3.8, 4) is 23.0 Å². The van der Waals surface area contributed by atoms with Gasteiger partial charge in [0.25, 0.3) is 17.5 Å². The summed E-state index contributed by atoms with van der Waals surface area (Å²) in [4.78, 5) is 48.4. The number of ether oxygens (including phenoxy) is 4. The van der Waals surface area contributed by atoms with Crippen LogP contribution in [0.5, 0.6) is 23.0 Å². The molecule has 2 amide bonds. The standard InChI is InChI=1S/C42H39B4N5O8/c1-56-35-16-29-31(47-20-27-11-22-7-3-5-9-33(22)49(27)39(29)52)18-37(35)58-41(43,44)24-13-25(15-26(14-24)51(54)55)42(45,46)59-38-19-32-30(17-36(38)57-2)40(53)50-28(21-48-32)12-23-8-4-6-10-34(23)50/h3-10,13-20,27-28,48H,11-12,21,43-46H2,1-2H3/t27-,28-/m0/s1. The van der Waals surface area contributed by atoms with Gasteiger partial charge in [0.1, 0.15) is 0 Å². The van der Waals surface area contributed by atoms with Crippen molar-refractivity contribution < 1.29 is 33.5 Å². The quantitative estimate of drug-likeness (QED) is 0.136. The van der Waals surface area contributed by atoms with Crippen LogP contribution in [0.25, 0.3) is 0 Å². The number of benzene rings is 5. The molecule has 4 heterocycles. The van der Waals surface area contributed by atoms with Gasteiger partial charge >= 0.3 is 0 Å². The second kappa shape index (κ2) is 14.0. The number of anilines is 3. The number of nitro groups is 1. The van der Waals surface area contributed by atoms with E-state index in [1.807, 2.05) is 69.1 Å². The van der Waals surface area contributed by atoms with Gasteiger partial charge in [-0.3, -0.25) is 29.6 Å². The highest BCUT2D eigenvalue weighted by molar-refractivity contribution is 6.40. The smallest absolute Gasteiger partial charge is 0.270 e. The highest BCUT2D eigenvalue weighted by Gasteiger charge is 2.40. The molecule has 4 aliphatic heterocycles. The van der Waals surface area contributed by atoms with Crippen molar-refractivity contribution in [3.05, 3.63) is 134 Å². The topological polar surface area (TPSA) is 145 Å². The lowest BCUT2D eigenvalue weighted by Crippen LogP contribution is -2.39.